The summed E-state index contributed by atoms with van der Waals surface area (Å²) in [5.41, 5.74) is 4.63. The van der Waals surface area contributed by atoms with E-state index in [1.54, 1.807) is 0 Å². The molecule has 0 aromatic heterocycles. The van der Waals surface area contributed by atoms with Crippen LogP contribution in [-0.2, 0) is 9.53 Å². The van der Waals surface area contributed by atoms with Gasteiger partial charge in [-0.2, -0.15) is 5.10 Å². The normalized spacial score (nSPS) is 19.7. The van der Waals surface area contributed by atoms with Gasteiger partial charge in [-0.25, -0.2) is 0 Å². The summed E-state index contributed by atoms with van der Waals surface area (Å²) in [5.74, 6) is 0.730. The number of benzene rings is 1. The predicted octanol–water partition coefficient (Wildman–Crippen LogP) is 2.44. The number of ether oxygens (including phenoxy) is 2. The lowest BCUT2D eigenvalue weighted by Gasteiger charge is -2.26. The predicted molar refractivity (Wildman–Crippen MR) is 117 cm³/mol. The number of rotatable bonds is 7. The Morgan fingerprint density at radius 1 is 1.24 bits per heavy atom. The SMILES string of the molecule is C/C(=N/NC(=S)NC[C@@H]1CCCO1)c1ccc(OCC(=O)N2CCCCC2)cc1. The Bertz CT molecular complexity index is 711. The maximum Gasteiger partial charge on any atom is 0.260 e. The van der Waals surface area contributed by atoms with Gasteiger partial charge in [-0.1, -0.05) is 0 Å². The second-order valence-electron chi connectivity index (χ2n) is 7.41. The molecule has 2 heterocycles. The van der Waals surface area contributed by atoms with Crippen LogP contribution in [0.2, 0.25) is 0 Å². The maximum absolute atomic E-state index is 12.2. The number of piperidine rings is 1. The van der Waals surface area contributed by atoms with Gasteiger partial charge in [0.1, 0.15) is 5.75 Å². The van der Waals surface area contributed by atoms with Crippen molar-refractivity contribution >= 4 is 28.9 Å². The lowest BCUT2D eigenvalue weighted by atomic mass is 10.1. The third-order valence-electron chi connectivity index (χ3n) is 5.18. The van der Waals surface area contributed by atoms with E-state index >= 15 is 0 Å². The number of likely N-dealkylation sites (tertiary alicyclic amines) is 1. The van der Waals surface area contributed by atoms with Crippen LogP contribution in [0.15, 0.2) is 29.4 Å². The minimum atomic E-state index is 0.0553. The molecule has 1 aromatic rings. The van der Waals surface area contributed by atoms with E-state index in [9.17, 15) is 4.79 Å². The fraction of sp³-hybridized carbons (Fsp3) is 0.571. The zero-order valence-electron chi connectivity index (χ0n) is 17.0. The van der Waals surface area contributed by atoms with Crippen molar-refractivity contribution in [3.8, 4) is 5.75 Å². The summed E-state index contributed by atoms with van der Waals surface area (Å²) >= 11 is 5.25. The quantitative estimate of drug-likeness (QED) is 0.403. The van der Waals surface area contributed by atoms with Crippen LogP contribution < -0.4 is 15.5 Å². The van der Waals surface area contributed by atoms with Crippen molar-refractivity contribution in [3.63, 3.8) is 0 Å². The summed E-state index contributed by atoms with van der Waals surface area (Å²) in [6.07, 6.45) is 5.78. The molecule has 8 heteroatoms. The fourth-order valence-electron chi connectivity index (χ4n) is 3.42. The largest absolute Gasteiger partial charge is 0.484 e. The van der Waals surface area contributed by atoms with Crippen LogP contribution >= 0.6 is 12.2 Å². The highest BCUT2D eigenvalue weighted by atomic mass is 32.1. The minimum Gasteiger partial charge on any atom is -0.484 e. The number of nitrogens with one attached hydrogen (secondary N) is 2. The number of carbonyl (C=O) groups is 1. The summed E-state index contributed by atoms with van der Waals surface area (Å²) in [6, 6.07) is 7.55. The number of hydrazone groups is 1. The molecule has 1 atom stereocenters. The van der Waals surface area contributed by atoms with Gasteiger partial charge in [0.25, 0.3) is 5.91 Å². The van der Waals surface area contributed by atoms with Gasteiger partial charge < -0.3 is 19.7 Å². The molecule has 29 heavy (non-hydrogen) atoms. The monoisotopic (exact) mass is 418 g/mol. The average molecular weight is 419 g/mol. The molecule has 0 saturated carbocycles. The zero-order chi connectivity index (χ0) is 20.5. The Morgan fingerprint density at radius 2 is 2.00 bits per heavy atom. The van der Waals surface area contributed by atoms with Gasteiger partial charge in [0, 0.05) is 26.2 Å². The molecular weight excluding hydrogens is 388 g/mol. The van der Waals surface area contributed by atoms with Crippen molar-refractivity contribution in [2.45, 2.75) is 45.1 Å². The van der Waals surface area contributed by atoms with Gasteiger partial charge in [0.05, 0.1) is 11.8 Å². The molecule has 2 fully saturated rings. The van der Waals surface area contributed by atoms with E-state index < -0.39 is 0 Å². The first-order valence-corrected chi connectivity index (χ1v) is 10.7. The molecule has 2 saturated heterocycles. The maximum atomic E-state index is 12.2. The Morgan fingerprint density at radius 3 is 2.69 bits per heavy atom. The summed E-state index contributed by atoms with van der Waals surface area (Å²) in [5, 5.41) is 7.93. The Labute approximate surface area is 177 Å². The fourth-order valence-corrected chi connectivity index (χ4v) is 3.55. The lowest BCUT2D eigenvalue weighted by molar-refractivity contribution is -0.134. The molecule has 158 valence electrons. The van der Waals surface area contributed by atoms with E-state index in [-0.39, 0.29) is 18.6 Å². The van der Waals surface area contributed by atoms with Crippen LogP contribution in [0.1, 0.15) is 44.6 Å². The second-order valence-corrected chi connectivity index (χ2v) is 7.82. The van der Waals surface area contributed by atoms with Gasteiger partial charge >= 0.3 is 0 Å². The topological polar surface area (TPSA) is 75.2 Å². The molecule has 0 bridgehead atoms. The molecule has 2 N–H and O–H groups in total. The summed E-state index contributed by atoms with van der Waals surface area (Å²) in [7, 11) is 0. The van der Waals surface area contributed by atoms with Crippen LogP contribution in [-0.4, -0.2) is 60.6 Å². The van der Waals surface area contributed by atoms with Crippen LogP contribution in [0, 0.1) is 0 Å². The van der Waals surface area contributed by atoms with Crippen LogP contribution in [0.3, 0.4) is 0 Å². The van der Waals surface area contributed by atoms with Crippen LogP contribution in [0.5, 0.6) is 5.75 Å². The first-order chi connectivity index (χ1) is 14.1. The summed E-state index contributed by atoms with van der Waals surface area (Å²) in [4.78, 5) is 14.1. The molecule has 0 aliphatic carbocycles. The highest BCUT2D eigenvalue weighted by Crippen LogP contribution is 2.14. The third kappa shape index (κ3) is 6.97. The Kier molecular flexibility index (Phi) is 8.25. The van der Waals surface area contributed by atoms with E-state index in [1.807, 2.05) is 36.1 Å². The lowest BCUT2D eigenvalue weighted by Crippen LogP contribution is -2.38. The molecule has 3 rings (SSSR count). The van der Waals surface area contributed by atoms with E-state index in [0.29, 0.717) is 17.4 Å². The second kappa shape index (κ2) is 11.1. The minimum absolute atomic E-state index is 0.0553. The average Bonchev–Trinajstić information content (AvgIpc) is 3.29. The summed E-state index contributed by atoms with van der Waals surface area (Å²) in [6.45, 7) is 5.20. The van der Waals surface area contributed by atoms with Gasteiger partial charge in [-0.3, -0.25) is 10.2 Å². The van der Waals surface area contributed by atoms with Gasteiger partial charge in [-0.15, -0.1) is 0 Å². The smallest absolute Gasteiger partial charge is 0.260 e. The first kappa shape index (κ1) is 21.5. The third-order valence-corrected chi connectivity index (χ3v) is 5.42. The van der Waals surface area contributed by atoms with E-state index in [1.165, 1.54) is 6.42 Å². The highest BCUT2D eigenvalue weighted by molar-refractivity contribution is 7.80. The van der Waals surface area contributed by atoms with E-state index in [4.69, 9.17) is 21.7 Å². The number of thiocarbonyl (C=S) groups is 1. The van der Waals surface area contributed by atoms with Crippen molar-refractivity contribution in [2.24, 2.45) is 5.10 Å². The number of amides is 1. The molecule has 2 aliphatic heterocycles. The number of nitrogens with zero attached hydrogens (tertiary/aromatic N) is 2. The van der Waals surface area contributed by atoms with Crippen molar-refractivity contribution in [3.05, 3.63) is 29.8 Å². The standard InChI is InChI=1S/C21H30N4O3S/c1-16(23-24-21(29)22-14-19-6-5-13-27-19)17-7-9-18(10-8-17)28-15-20(26)25-11-3-2-4-12-25/h7-10,19H,2-6,11-15H2,1H3,(H2,22,24,29)/b23-16-/t19-/m0/s1. The molecular formula is C21H30N4O3S. The number of hydrogen-bond acceptors (Lipinski definition) is 5. The highest BCUT2D eigenvalue weighted by Gasteiger charge is 2.17. The van der Waals surface area contributed by atoms with Gasteiger partial charge in [-0.05, 0) is 81.1 Å². The molecule has 0 radical (unpaired) electrons. The Balaban J connectivity index is 1.41. The van der Waals surface area contributed by atoms with Gasteiger partial charge in [0.15, 0.2) is 11.7 Å². The number of carbonyl (C=O) groups excluding carboxylic acids is 1. The van der Waals surface area contributed by atoms with Crippen LogP contribution in [0.25, 0.3) is 0 Å². The van der Waals surface area contributed by atoms with E-state index in [0.717, 1.165) is 56.7 Å². The zero-order valence-corrected chi connectivity index (χ0v) is 17.8. The summed E-state index contributed by atoms with van der Waals surface area (Å²) < 4.78 is 11.2. The van der Waals surface area contributed by atoms with Crippen molar-refractivity contribution < 1.29 is 14.3 Å². The molecule has 0 spiro atoms. The van der Waals surface area contributed by atoms with Crippen molar-refractivity contribution in [2.75, 3.05) is 32.8 Å². The molecule has 0 unspecified atom stereocenters. The Hall–Kier alpha value is -2.19. The molecule has 1 aromatic carbocycles. The molecule has 1 amide bonds. The van der Waals surface area contributed by atoms with Crippen molar-refractivity contribution in [1.82, 2.24) is 15.6 Å². The number of hydrogen-bond donors (Lipinski definition) is 2. The van der Waals surface area contributed by atoms with Gasteiger partial charge in [0.2, 0.25) is 0 Å². The first-order valence-electron chi connectivity index (χ1n) is 10.3. The van der Waals surface area contributed by atoms with Crippen LogP contribution in [0.4, 0.5) is 0 Å². The molecule has 7 nitrogen and oxygen atoms in total. The molecule has 2 aliphatic rings. The van der Waals surface area contributed by atoms with Crippen molar-refractivity contribution in [1.29, 1.82) is 0 Å². The van der Waals surface area contributed by atoms with E-state index in [2.05, 4.69) is 15.8 Å².